The Morgan fingerprint density at radius 3 is 2.74 bits per heavy atom. The largest absolute Gasteiger partial charge is 0.381 e. The van der Waals surface area contributed by atoms with E-state index < -0.39 is 0 Å². The summed E-state index contributed by atoms with van der Waals surface area (Å²) in [6.45, 7) is 0.276. The predicted octanol–water partition coefficient (Wildman–Crippen LogP) is 1.10. The minimum Gasteiger partial charge on any atom is -0.381 e. The normalized spacial score (nSPS) is 10.8. The van der Waals surface area contributed by atoms with Crippen LogP contribution in [0.1, 0.15) is 5.89 Å². The minimum absolute atomic E-state index is 0.276. The lowest BCUT2D eigenvalue weighted by Crippen LogP contribution is -2.00. The van der Waals surface area contributed by atoms with E-state index in [1.807, 2.05) is 0 Å². The maximum absolute atomic E-state index is 12.8. The summed E-state index contributed by atoms with van der Waals surface area (Å²) in [6, 6.07) is 5.84. The molecular formula is C11H9FN6O. The molecule has 0 radical (unpaired) electrons. The first kappa shape index (κ1) is 11.3. The van der Waals surface area contributed by atoms with Gasteiger partial charge < -0.3 is 10.3 Å². The van der Waals surface area contributed by atoms with Gasteiger partial charge in [0.25, 0.3) is 0 Å². The lowest BCUT2D eigenvalue weighted by atomic mass is 10.2. The van der Waals surface area contributed by atoms with Crippen molar-refractivity contribution < 1.29 is 8.91 Å². The molecule has 0 unspecified atom stereocenters. The van der Waals surface area contributed by atoms with E-state index in [4.69, 9.17) is 10.3 Å². The van der Waals surface area contributed by atoms with Gasteiger partial charge in [-0.15, -0.1) is 5.10 Å². The SMILES string of the molecule is Nc1cn(Cc2nc(-c3ccc(F)cc3)no2)nn1. The van der Waals surface area contributed by atoms with Gasteiger partial charge in [-0.3, -0.25) is 0 Å². The molecule has 1 aromatic carbocycles. The van der Waals surface area contributed by atoms with Crippen LogP contribution in [-0.4, -0.2) is 25.1 Å². The van der Waals surface area contributed by atoms with Crippen LogP contribution in [0, 0.1) is 5.82 Å². The average Bonchev–Trinajstić information content (AvgIpc) is 3.00. The van der Waals surface area contributed by atoms with Gasteiger partial charge in [0, 0.05) is 5.56 Å². The van der Waals surface area contributed by atoms with Crippen LogP contribution in [0.2, 0.25) is 0 Å². The molecule has 0 bridgehead atoms. The van der Waals surface area contributed by atoms with Gasteiger partial charge >= 0.3 is 0 Å². The molecule has 2 aromatic heterocycles. The van der Waals surface area contributed by atoms with Crippen LogP contribution in [0.4, 0.5) is 10.2 Å². The van der Waals surface area contributed by atoms with Crippen molar-refractivity contribution >= 4 is 5.82 Å². The third-order valence-corrected chi connectivity index (χ3v) is 2.42. The molecule has 0 saturated carbocycles. The Bertz CT molecular complexity index is 689. The zero-order chi connectivity index (χ0) is 13.2. The van der Waals surface area contributed by atoms with Crippen molar-refractivity contribution in [2.45, 2.75) is 6.54 Å². The van der Waals surface area contributed by atoms with Crippen LogP contribution in [0.15, 0.2) is 35.0 Å². The number of benzene rings is 1. The summed E-state index contributed by atoms with van der Waals surface area (Å²) in [7, 11) is 0. The second-order valence-electron chi connectivity index (χ2n) is 3.86. The van der Waals surface area contributed by atoms with Crippen molar-refractivity contribution in [2.75, 3.05) is 5.73 Å². The molecule has 0 saturated heterocycles. The number of nitrogen functional groups attached to an aromatic ring is 1. The second kappa shape index (κ2) is 4.48. The fourth-order valence-electron chi connectivity index (χ4n) is 1.56. The second-order valence-corrected chi connectivity index (χ2v) is 3.86. The summed E-state index contributed by atoms with van der Waals surface area (Å²) in [5, 5.41) is 11.2. The van der Waals surface area contributed by atoms with E-state index in [0.717, 1.165) is 0 Å². The Balaban J connectivity index is 1.81. The number of anilines is 1. The van der Waals surface area contributed by atoms with E-state index in [1.54, 1.807) is 18.3 Å². The molecular weight excluding hydrogens is 251 g/mol. The highest BCUT2D eigenvalue weighted by Gasteiger charge is 2.10. The molecule has 2 N–H and O–H groups in total. The van der Waals surface area contributed by atoms with Crippen LogP contribution in [0.5, 0.6) is 0 Å². The third kappa shape index (κ3) is 2.41. The van der Waals surface area contributed by atoms with E-state index in [1.165, 1.54) is 16.8 Å². The standard InChI is InChI=1S/C11H9FN6O/c12-8-3-1-7(2-4-8)11-14-10(19-16-11)6-18-5-9(13)15-17-18/h1-5H,6,13H2. The molecule has 0 spiro atoms. The smallest absolute Gasteiger partial charge is 0.248 e. The molecule has 3 aromatic rings. The fraction of sp³-hybridized carbons (Fsp3) is 0.0909. The lowest BCUT2D eigenvalue weighted by Gasteiger charge is -1.93. The number of nitrogens with zero attached hydrogens (tertiary/aromatic N) is 5. The first-order valence-electron chi connectivity index (χ1n) is 5.45. The Hall–Kier alpha value is -2.77. The van der Waals surface area contributed by atoms with Gasteiger partial charge in [-0.1, -0.05) is 10.4 Å². The number of halogens is 1. The monoisotopic (exact) mass is 260 g/mol. The topological polar surface area (TPSA) is 95.7 Å². The van der Waals surface area contributed by atoms with Crippen molar-refractivity contribution in [1.29, 1.82) is 0 Å². The van der Waals surface area contributed by atoms with E-state index in [2.05, 4.69) is 20.5 Å². The number of nitrogens with two attached hydrogens (primary N) is 1. The van der Waals surface area contributed by atoms with Crippen molar-refractivity contribution in [3.63, 3.8) is 0 Å². The molecule has 0 aliphatic carbocycles. The van der Waals surface area contributed by atoms with Crippen molar-refractivity contribution in [3.8, 4) is 11.4 Å². The molecule has 7 nitrogen and oxygen atoms in total. The van der Waals surface area contributed by atoms with Crippen LogP contribution in [0.3, 0.4) is 0 Å². The van der Waals surface area contributed by atoms with Crippen LogP contribution < -0.4 is 5.73 Å². The van der Waals surface area contributed by atoms with Crippen LogP contribution in [0.25, 0.3) is 11.4 Å². The van der Waals surface area contributed by atoms with Crippen molar-refractivity contribution in [3.05, 3.63) is 42.2 Å². The molecule has 19 heavy (non-hydrogen) atoms. The van der Waals surface area contributed by atoms with Crippen molar-refractivity contribution in [2.24, 2.45) is 0 Å². The van der Waals surface area contributed by atoms with Gasteiger partial charge in [-0.05, 0) is 24.3 Å². The number of hydrogen-bond donors (Lipinski definition) is 1. The first-order valence-corrected chi connectivity index (χ1v) is 5.45. The molecule has 2 heterocycles. The van der Waals surface area contributed by atoms with Gasteiger partial charge in [0.2, 0.25) is 11.7 Å². The van der Waals surface area contributed by atoms with Crippen LogP contribution in [-0.2, 0) is 6.54 Å². The maximum atomic E-state index is 12.8. The fourth-order valence-corrected chi connectivity index (χ4v) is 1.56. The highest BCUT2D eigenvalue weighted by Crippen LogP contribution is 2.16. The molecule has 96 valence electrons. The van der Waals surface area contributed by atoms with Gasteiger partial charge in [0.05, 0.1) is 6.20 Å². The Morgan fingerprint density at radius 1 is 1.26 bits per heavy atom. The van der Waals surface area contributed by atoms with E-state index in [0.29, 0.717) is 23.1 Å². The van der Waals surface area contributed by atoms with Crippen molar-refractivity contribution in [1.82, 2.24) is 25.1 Å². The van der Waals surface area contributed by atoms with E-state index in [-0.39, 0.29) is 12.4 Å². The molecule has 0 atom stereocenters. The highest BCUT2D eigenvalue weighted by molar-refractivity contribution is 5.53. The van der Waals surface area contributed by atoms with Crippen LogP contribution >= 0.6 is 0 Å². The summed E-state index contributed by atoms with van der Waals surface area (Å²) in [5.74, 6) is 0.760. The predicted molar refractivity (Wildman–Crippen MR) is 63.2 cm³/mol. The Labute approximate surface area is 106 Å². The zero-order valence-corrected chi connectivity index (χ0v) is 9.69. The summed E-state index contributed by atoms with van der Waals surface area (Å²) in [4.78, 5) is 4.19. The first-order chi connectivity index (χ1) is 9.20. The molecule has 0 amide bonds. The molecule has 0 aliphatic rings. The van der Waals surface area contributed by atoms with Gasteiger partial charge in [0.1, 0.15) is 12.4 Å². The highest BCUT2D eigenvalue weighted by atomic mass is 19.1. The Morgan fingerprint density at radius 2 is 2.05 bits per heavy atom. The zero-order valence-electron chi connectivity index (χ0n) is 9.69. The summed E-state index contributed by atoms with van der Waals surface area (Å²) in [5.41, 5.74) is 6.12. The summed E-state index contributed by atoms with van der Waals surface area (Å²) in [6.07, 6.45) is 1.56. The lowest BCUT2D eigenvalue weighted by molar-refractivity contribution is 0.364. The summed E-state index contributed by atoms with van der Waals surface area (Å²) >= 11 is 0. The molecule has 0 fully saturated rings. The number of rotatable bonds is 3. The van der Waals surface area contributed by atoms with E-state index >= 15 is 0 Å². The molecule has 0 aliphatic heterocycles. The van der Waals surface area contributed by atoms with Gasteiger partial charge in [-0.25, -0.2) is 9.07 Å². The van der Waals surface area contributed by atoms with Gasteiger partial charge in [0.15, 0.2) is 5.82 Å². The molecule has 8 heteroatoms. The summed E-state index contributed by atoms with van der Waals surface area (Å²) < 4.78 is 19.4. The number of hydrogen-bond acceptors (Lipinski definition) is 6. The number of aromatic nitrogens is 5. The molecule has 3 rings (SSSR count). The van der Waals surface area contributed by atoms with E-state index in [9.17, 15) is 4.39 Å². The third-order valence-electron chi connectivity index (χ3n) is 2.42. The Kier molecular flexibility index (Phi) is 2.67. The minimum atomic E-state index is -0.314. The average molecular weight is 260 g/mol. The van der Waals surface area contributed by atoms with Gasteiger partial charge in [-0.2, -0.15) is 4.98 Å². The maximum Gasteiger partial charge on any atom is 0.248 e. The quantitative estimate of drug-likeness (QED) is 0.757.